The summed E-state index contributed by atoms with van der Waals surface area (Å²) in [6.45, 7) is -0.922. The lowest BCUT2D eigenvalue weighted by atomic mass is 10.3. The van der Waals surface area contributed by atoms with E-state index in [0.29, 0.717) is 11.5 Å². The van der Waals surface area contributed by atoms with Crippen LogP contribution in [0.25, 0.3) is 0 Å². The lowest BCUT2D eigenvalue weighted by molar-refractivity contribution is -0.150. The highest BCUT2D eigenvalue weighted by molar-refractivity contribution is 5.95. The molecule has 0 radical (unpaired) electrons. The number of hydrogen-bond donors (Lipinski definition) is 2. The van der Waals surface area contributed by atoms with Crippen molar-refractivity contribution in [2.45, 2.75) is 18.9 Å². The van der Waals surface area contributed by atoms with Crippen LogP contribution in [0.2, 0.25) is 0 Å². The number of methoxy groups -OCH3 is 1. The molecule has 1 aromatic rings. The maximum absolute atomic E-state index is 11.5. The summed E-state index contributed by atoms with van der Waals surface area (Å²) in [6, 6.07) is 6.38. The van der Waals surface area contributed by atoms with Crippen LogP contribution in [0.15, 0.2) is 24.3 Å². The highest BCUT2D eigenvalue weighted by atomic mass is 16.6. The summed E-state index contributed by atoms with van der Waals surface area (Å²) >= 11 is 0. The number of benzene rings is 1. The van der Waals surface area contributed by atoms with Crippen LogP contribution in [-0.2, 0) is 14.3 Å². The van der Waals surface area contributed by atoms with Gasteiger partial charge in [-0.05, 0) is 25.0 Å². The van der Waals surface area contributed by atoms with Crippen molar-refractivity contribution >= 4 is 17.9 Å². The van der Waals surface area contributed by atoms with E-state index in [2.05, 4.69) is 10.6 Å². The highest BCUT2D eigenvalue weighted by Gasteiger charge is 2.24. The molecule has 1 saturated carbocycles. The number of rotatable bonds is 7. The summed E-state index contributed by atoms with van der Waals surface area (Å²) in [4.78, 5) is 34.3. The normalized spacial score (nSPS) is 12.9. The van der Waals surface area contributed by atoms with Crippen LogP contribution < -0.4 is 20.1 Å². The molecule has 2 rings (SSSR count). The van der Waals surface area contributed by atoms with E-state index in [4.69, 9.17) is 14.2 Å². The lowest BCUT2D eigenvalue weighted by Crippen LogP contribution is -2.42. The van der Waals surface area contributed by atoms with Crippen molar-refractivity contribution in [1.29, 1.82) is 0 Å². The van der Waals surface area contributed by atoms with E-state index < -0.39 is 24.5 Å². The van der Waals surface area contributed by atoms with Gasteiger partial charge in [-0.25, -0.2) is 9.59 Å². The van der Waals surface area contributed by atoms with Gasteiger partial charge in [-0.15, -0.1) is 0 Å². The van der Waals surface area contributed by atoms with Crippen LogP contribution >= 0.6 is 0 Å². The Balaban J connectivity index is 1.66. The van der Waals surface area contributed by atoms with Crippen LogP contribution in [0, 0.1) is 0 Å². The standard InChI is InChI=1S/C15H18N2O6/c1-21-11-4-2-3-5-12(11)22-9-14(19)23-8-13(18)17-15(20)16-10-6-7-10/h2-5,10H,6-9H2,1H3,(H2,16,17,18,20). The molecule has 0 aliphatic heterocycles. The first kappa shape index (κ1) is 16.6. The third-order valence-corrected chi connectivity index (χ3v) is 2.94. The van der Waals surface area contributed by atoms with Crippen molar-refractivity contribution in [3.05, 3.63) is 24.3 Å². The first-order valence-electron chi connectivity index (χ1n) is 7.10. The molecule has 23 heavy (non-hydrogen) atoms. The van der Waals surface area contributed by atoms with Gasteiger partial charge in [0.25, 0.3) is 5.91 Å². The molecule has 3 amide bonds. The molecule has 0 unspecified atom stereocenters. The van der Waals surface area contributed by atoms with Crippen molar-refractivity contribution in [1.82, 2.24) is 10.6 Å². The number of amides is 3. The molecule has 8 heteroatoms. The van der Waals surface area contributed by atoms with E-state index >= 15 is 0 Å². The monoisotopic (exact) mass is 322 g/mol. The van der Waals surface area contributed by atoms with Gasteiger partial charge in [0.15, 0.2) is 24.7 Å². The number of nitrogens with one attached hydrogen (secondary N) is 2. The van der Waals surface area contributed by atoms with E-state index in [0.717, 1.165) is 12.8 Å². The van der Waals surface area contributed by atoms with Gasteiger partial charge in [0.2, 0.25) is 0 Å². The molecule has 0 bridgehead atoms. The molecule has 0 heterocycles. The second kappa shape index (κ2) is 8.02. The lowest BCUT2D eigenvalue weighted by Gasteiger charge is -2.10. The molecular formula is C15H18N2O6. The summed E-state index contributed by atoms with van der Waals surface area (Å²) < 4.78 is 15.0. The second-order valence-corrected chi connectivity index (χ2v) is 4.90. The van der Waals surface area contributed by atoms with Crippen molar-refractivity contribution in [2.75, 3.05) is 20.3 Å². The number of para-hydroxylation sites is 2. The average Bonchev–Trinajstić information content (AvgIpc) is 3.34. The zero-order valence-electron chi connectivity index (χ0n) is 12.7. The van der Waals surface area contributed by atoms with Crippen molar-refractivity contribution in [3.63, 3.8) is 0 Å². The van der Waals surface area contributed by atoms with Gasteiger partial charge in [0.1, 0.15) is 0 Å². The molecule has 8 nitrogen and oxygen atoms in total. The molecule has 1 aromatic carbocycles. The molecule has 0 atom stereocenters. The fourth-order valence-electron chi connectivity index (χ4n) is 1.67. The predicted octanol–water partition coefficient (Wildman–Crippen LogP) is 0.605. The van der Waals surface area contributed by atoms with Crippen molar-refractivity contribution < 1.29 is 28.6 Å². The fraction of sp³-hybridized carbons (Fsp3) is 0.400. The Kier molecular flexibility index (Phi) is 5.79. The highest BCUT2D eigenvalue weighted by Crippen LogP contribution is 2.25. The molecule has 1 aliphatic rings. The Bertz CT molecular complexity index is 585. The number of carbonyl (C=O) groups excluding carboxylic acids is 3. The number of esters is 1. The SMILES string of the molecule is COc1ccccc1OCC(=O)OCC(=O)NC(=O)NC1CC1. The quantitative estimate of drug-likeness (QED) is 0.713. The van der Waals surface area contributed by atoms with E-state index in [1.807, 2.05) is 0 Å². The summed E-state index contributed by atoms with van der Waals surface area (Å²) in [5.74, 6) is -0.558. The number of ether oxygens (including phenoxy) is 3. The topological polar surface area (TPSA) is 103 Å². The van der Waals surface area contributed by atoms with Crippen molar-refractivity contribution in [2.24, 2.45) is 0 Å². The predicted molar refractivity (Wildman–Crippen MR) is 79.1 cm³/mol. The van der Waals surface area contributed by atoms with Crippen molar-refractivity contribution in [3.8, 4) is 11.5 Å². The summed E-state index contributed by atoms with van der Waals surface area (Å²) in [5.41, 5.74) is 0. The zero-order chi connectivity index (χ0) is 16.7. The number of imide groups is 1. The molecule has 1 aliphatic carbocycles. The van der Waals surface area contributed by atoms with E-state index in [-0.39, 0.29) is 12.6 Å². The number of hydrogen-bond acceptors (Lipinski definition) is 6. The molecule has 1 fully saturated rings. The van der Waals surface area contributed by atoms with Gasteiger partial charge in [-0.2, -0.15) is 0 Å². The fourth-order valence-corrected chi connectivity index (χ4v) is 1.67. The van der Waals surface area contributed by atoms with E-state index in [9.17, 15) is 14.4 Å². The number of urea groups is 1. The Hall–Kier alpha value is -2.77. The Morgan fingerprint density at radius 1 is 1.13 bits per heavy atom. The maximum Gasteiger partial charge on any atom is 0.344 e. The maximum atomic E-state index is 11.5. The molecule has 0 saturated heterocycles. The third kappa shape index (κ3) is 5.85. The van der Waals surface area contributed by atoms with Crippen LogP contribution in [0.5, 0.6) is 11.5 Å². The molecule has 0 spiro atoms. The van der Waals surface area contributed by atoms with Crippen LogP contribution in [-0.4, -0.2) is 44.3 Å². The molecule has 124 valence electrons. The number of carbonyl (C=O) groups is 3. The van der Waals surface area contributed by atoms with Gasteiger partial charge in [-0.1, -0.05) is 12.1 Å². The molecule has 0 aromatic heterocycles. The van der Waals surface area contributed by atoms with Gasteiger partial charge in [0, 0.05) is 6.04 Å². The summed E-state index contributed by atoms with van der Waals surface area (Å²) in [6.07, 6.45) is 1.83. The smallest absolute Gasteiger partial charge is 0.344 e. The summed E-state index contributed by atoms with van der Waals surface area (Å²) in [7, 11) is 1.48. The Morgan fingerprint density at radius 2 is 1.83 bits per heavy atom. The van der Waals surface area contributed by atoms with Gasteiger partial charge in [-0.3, -0.25) is 10.1 Å². The largest absolute Gasteiger partial charge is 0.493 e. The minimum atomic E-state index is -0.728. The average molecular weight is 322 g/mol. The van der Waals surface area contributed by atoms with Gasteiger partial charge in [0.05, 0.1) is 7.11 Å². The van der Waals surface area contributed by atoms with Gasteiger partial charge >= 0.3 is 12.0 Å². The van der Waals surface area contributed by atoms with Gasteiger partial charge < -0.3 is 19.5 Å². The minimum Gasteiger partial charge on any atom is -0.493 e. The molecular weight excluding hydrogens is 304 g/mol. The second-order valence-electron chi connectivity index (χ2n) is 4.90. The zero-order valence-corrected chi connectivity index (χ0v) is 12.7. The van der Waals surface area contributed by atoms with Crippen LogP contribution in [0.1, 0.15) is 12.8 Å². The van der Waals surface area contributed by atoms with Crippen LogP contribution in [0.3, 0.4) is 0 Å². The first-order chi connectivity index (χ1) is 11.1. The minimum absolute atomic E-state index is 0.139. The summed E-state index contributed by atoms with van der Waals surface area (Å²) in [5, 5.41) is 4.65. The van der Waals surface area contributed by atoms with E-state index in [1.165, 1.54) is 7.11 Å². The Labute approximate surface area is 133 Å². The van der Waals surface area contributed by atoms with E-state index in [1.54, 1.807) is 24.3 Å². The Morgan fingerprint density at radius 3 is 2.48 bits per heavy atom. The third-order valence-electron chi connectivity index (χ3n) is 2.94. The molecule has 2 N–H and O–H groups in total. The van der Waals surface area contributed by atoms with Crippen LogP contribution in [0.4, 0.5) is 4.79 Å². The first-order valence-corrected chi connectivity index (χ1v) is 7.10.